The molecule has 0 fully saturated rings. The van der Waals surface area contributed by atoms with Crippen molar-refractivity contribution in [3.8, 4) is 0 Å². The van der Waals surface area contributed by atoms with Gasteiger partial charge in [-0.15, -0.1) is 0 Å². The number of benzene rings is 1. The van der Waals surface area contributed by atoms with Crippen LogP contribution in [0.15, 0.2) is 18.2 Å². The molecule has 3 nitrogen and oxygen atoms in total. The third-order valence-electron chi connectivity index (χ3n) is 3.20. The molecule has 92 valence electrons. The molecule has 1 aromatic rings. The number of amides is 1. The predicted octanol–water partition coefficient (Wildman–Crippen LogP) is 1.09. The Bertz CT molecular complexity index is 401. The van der Waals surface area contributed by atoms with E-state index in [1.165, 1.54) is 24.0 Å². The zero-order valence-electron chi connectivity index (χ0n) is 10.5. The fraction of sp³-hybridized carbons (Fsp3) is 0.500. The minimum Gasteiger partial charge on any atom is -0.338 e. The van der Waals surface area contributed by atoms with Crippen LogP contribution in [0.1, 0.15) is 30.9 Å². The maximum atomic E-state index is 11.6. The van der Waals surface area contributed by atoms with E-state index in [4.69, 9.17) is 0 Å². The molecule has 0 bridgehead atoms. The van der Waals surface area contributed by atoms with Crippen LogP contribution in [-0.4, -0.2) is 19.0 Å². The molecule has 1 aliphatic rings. The van der Waals surface area contributed by atoms with E-state index < -0.39 is 0 Å². The fourth-order valence-electron chi connectivity index (χ4n) is 2.30. The Balaban J connectivity index is 1.88. The van der Waals surface area contributed by atoms with Gasteiger partial charge in [-0.05, 0) is 48.9 Å². The highest BCUT2D eigenvalue weighted by atomic mass is 16.1. The molecule has 0 heterocycles. The van der Waals surface area contributed by atoms with Gasteiger partial charge >= 0.3 is 0 Å². The van der Waals surface area contributed by atoms with Crippen molar-refractivity contribution in [1.82, 2.24) is 0 Å². The lowest BCUT2D eigenvalue weighted by Gasteiger charge is -2.06. The second kappa shape index (κ2) is 5.82. The molecule has 0 saturated heterocycles. The summed E-state index contributed by atoms with van der Waals surface area (Å²) in [6.45, 7) is 3.65. The summed E-state index contributed by atoms with van der Waals surface area (Å²) in [6, 6.07) is 6.29. The maximum Gasteiger partial charge on any atom is 0.279 e. The zero-order valence-corrected chi connectivity index (χ0v) is 10.5. The van der Waals surface area contributed by atoms with Crippen molar-refractivity contribution in [1.29, 1.82) is 0 Å². The Labute approximate surface area is 103 Å². The van der Waals surface area contributed by atoms with E-state index in [0.717, 1.165) is 25.1 Å². The van der Waals surface area contributed by atoms with Gasteiger partial charge in [-0.25, -0.2) is 0 Å². The van der Waals surface area contributed by atoms with Crippen molar-refractivity contribution < 1.29 is 10.1 Å². The lowest BCUT2D eigenvalue weighted by atomic mass is 10.1. The average Bonchev–Trinajstić information content (AvgIpc) is 2.76. The molecule has 3 heteroatoms. The molecule has 0 saturated carbocycles. The number of rotatable bonds is 5. The van der Waals surface area contributed by atoms with Crippen molar-refractivity contribution in [3.05, 3.63) is 29.3 Å². The highest BCUT2D eigenvalue weighted by Gasteiger charge is 2.11. The molecular formula is C14H21N2O+. The third-order valence-corrected chi connectivity index (χ3v) is 3.20. The van der Waals surface area contributed by atoms with Gasteiger partial charge in [0.2, 0.25) is 0 Å². The van der Waals surface area contributed by atoms with Gasteiger partial charge in [0.15, 0.2) is 6.54 Å². The molecule has 2 rings (SSSR count). The van der Waals surface area contributed by atoms with Crippen LogP contribution in [0.4, 0.5) is 5.69 Å². The molecule has 0 aromatic heterocycles. The molecule has 1 aliphatic carbocycles. The summed E-state index contributed by atoms with van der Waals surface area (Å²) in [5.41, 5.74) is 3.79. The van der Waals surface area contributed by atoms with E-state index in [0.29, 0.717) is 6.54 Å². The zero-order chi connectivity index (χ0) is 12.1. The standard InChI is InChI=1S/C14H20N2O/c1-2-8-15-10-14(17)16-13-7-6-11-4-3-5-12(11)9-13/h6-7,9,15H,2-5,8,10H2,1H3,(H,16,17)/p+1. The summed E-state index contributed by atoms with van der Waals surface area (Å²) in [5, 5.41) is 5.00. The molecule has 3 N–H and O–H groups in total. The van der Waals surface area contributed by atoms with Gasteiger partial charge in [0.05, 0.1) is 6.54 Å². The first-order valence-electron chi connectivity index (χ1n) is 6.53. The Morgan fingerprint density at radius 2 is 2.18 bits per heavy atom. The molecular weight excluding hydrogens is 212 g/mol. The van der Waals surface area contributed by atoms with Crippen LogP contribution in [0.5, 0.6) is 0 Å². The Morgan fingerprint density at radius 1 is 1.35 bits per heavy atom. The highest BCUT2D eigenvalue weighted by molar-refractivity contribution is 5.91. The molecule has 1 amide bonds. The van der Waals surface area contributed by atoms with E-state index in [1.54, 1.807) is 0 Å². The highest BCUT2D eigenvalue weighted by Crippen LogP contribution is 2.24. The van der Waals surface area contributed by atoms with Crippen LogP contribution in [0.25, 0.3) is 0 Å². The Hall–Kier alpha value is -1.35. The lowest BCUT2D eigenvalue weighted by Crippen LogP contribution is -2.86. The molecule has 1 aromatic carbocycles. The molecule has 0 unspecified atom stereocenters. The summed E-state index contributed by atoms with van der Waals surface area (Å²) >= 11 is 0. The van der Waals surface area contributed by atoms with E-state index in [9.17, 15) is 4.79 Å². The topological polar surface area (TPSA) is 45.7 Å². The second-order valence-electron chi connectivity index (χ2n) is 4.67. The molecule has 0 radical (unpaired) electrons. The summed E-state index contributed by atoms with van der Waals surface area (Å²) in [4.78, 5) is 11.6. The van der Waals surface area contributed by atoms with Gasteiger partial charge in [0, 0.05) is 5.69 Å². The third kappa shape index (κ3) is 3.30. The number of quaternary nitrogens is 1. The number of carbonyl (C=O) groups is 1. The van der Waals surface area contributed by atoms with Gasteiger partial charge in [-0.1, -0.05) is 13.0 Å². The minimum absolute atomic E-state index is 0.0939. The van der Waals surface area contributed by atoms with Crippen molar-refractivity contribution in [2.75, 3.05) is 18.4 Å². The van der Waals surface area contributed by atoms with Crippen LogP contribution < -0.4 is 10.6 Å². The van der Waals surface area contributed by atoms with Crippen LogP contribution in [0.3, 0.4) is 0 Å². The monoisotopic (exact) mass is 233 g/mol. The first-order chi connectivity index (χ1) is 8.29. The number of nitrogens with one attached hydrogen (secondary N) is 1. The van der Waals surface area contributed by atoms with E-state index in [2.05, 4.69) is 24.4 Å². The number of fused-ring (bicyclic) bond motifs is 1. The first-order valence-corrected chi connectivity index (χ1v) is 6.53. The number of hydrogen-bond donors (Lipinski definition) is 2. The van der Waals surface area contributed by atoms with E-state index in [-0.39, 0.29) is 5.91 Å². The molecule has 0 aliphatic heterocycles. The van der Waals surface area contributed by atoms with Crippen molar-refractivity contribution in [2.45, 2.75) is 32.6 Å². The summed E-state index contributed by atoms with van der Waals surface area (Å²) in [7, 11) is 0. The van der Waals surface area contributed by atoms with Crippen LogP contribution in [0.2, 0.25) is 0 Å². The lowest BCUT2D eigenvalue weighted by molar-refractivity contribution is -0.643. The van der Waals surface area contributed by atoms with Crippen LogP contribution in [-0.2, 0) is 17.6 Å². The Kier molecular flexibility index (Phi) is 4.15. The molecule has 0 atom stereocenters. The number of hydrogen-bond acceptors (Lipinski definition) is 1. The van der Waals surface area contributed by atoms with Gasteiger partial charge in [-0.2, -0.15) is 0 Å². The summed E-state index contributed by atoms with van der Waals surface area (Å²) in [5.74, 6) is 0.0939. The summed E-state index contributed by atoms with van der Waals surface area (Å²) < 4.78 is 0. The Morgan fingerprint density at radius 3 is 3.00 bits per heavy atom. The van der Waals surface area contributed by atoms with Gasteiger partial charge in [0.1, 0.15) is 0 Å². The number of nitrogens with two attached hydrogens (primary N) is 1. The summed E-state index contributed by atoms with van der Waals surface area (Å²) in [6.07, 6.45) is 4.69. The minimum atomic E-state index is 0.0939. The van der Waals surface area contributed by atoms with E-state index >= 15 is 0 Å². The quantitative estimate of drug-likeness (QED) is 0.735. The van der Waals surface area contributed by atoms with Gasteiger partial charge < -0.3 is 10.6 Å². The number of carbonyl (C=O) groups excluding carboxylic acids is 1. The smallest absolute Gasteiger partial charge is 0.279 e. The average molecular weight is 233 g/mol. The van der Waals surface area contributed by atoms with Crippen LogP contribution >= 0.6 is 0 Å². The fourth-order valence-corrected chi connectivity index (χ4v) is 2.30. The second-order valence-corrected chi connectivity index (χ2v) is 4.67. The van der Waals surface area contributed by atoms with Gasteiger partial charge in [-0.3, -0.25) is 4.79 Å². The van der Waals surface area contributed by atoms with E-state index in [1.807, 2.05) is 11.4 Å². The van der Waals surface area contributed by atoms with Crippen molar-refractivity contribution in [3.63, 3.8) is 0 Å². The normalized spacial score (nSPS) is 13.5. The largest absolute Gasteiger partial charge is 0.338 e. The maximum absolute atomic E-state index is 11.6. The predicted molar refractivity (Wildman–Crippen MR) is 69.0 cm³/mol. The van der Waals surface area contributed by atoms with Crippen molar-refractivity contribution >= 4 is 11.6 Å². The first kappa shape index (κ1) is 12.1. The number of anilines is 1. The van der Waals surface area contributed by atoms with Gasteiger partial charge in [0.25, 0.3) is 5.91 Å². The van der Waals surface area contributed by atoms with Crippen molar-refractivity contribution in [2.24, 2.45) is 0 Å². The molecule has 17 heavy (non-hydrogen) atoms. The SMILES string of the molecule is CCC[NH2+]CC(=O)Nc1ccc2c(c1)CCC2. The van der Waals surface area contributed by atoms with Crippen LogP contribution in [0, 0.1) is 0 Å². The number of aryl methyl sites for hydroxylation is 2. The molecule has 0 spiro atoms.